The minimum atomic E-state index is -4.92. The van der Waals surface area contributed by atoms with E-state index in [1.807, 2.05) is 0 Å². The molecule has 0 radical (unpaired) electrons. The van der Waals surface area contributed by atoms with E-state index in [9.17, 15) is 31.1 Å². The fourth-order valence-electron chi connectivity index (χ4n) is 2.96. The van der Waals surface area contributed by atoms with Crippen LogP contribution in [0.3, 0.4) is 0 Å². The quantitative estimate of drug-likeness (QED) is 0.374. The first-order valence-corrected chi connectivity index (χ1v) is 9.46. The summed E-state index contributed by atoms with van der Waals surface area (Å²) in [6, 6.07) is 9.62. The largest absolute Gasteiger partial charge is 0.573 e. The second-order valence-corrected chi connectivity index (χ2v) is 6.89. The lowest BCUT2D eigenvalue weighted by atomic mass is 10.1. The number of aromatic nitrogens is 2. The third kappa shape index (κ3) is 6.49. The van der Waals surface area contributed by atoms with Gasteiger partial charge < -0.3 is 20.5 Å². The first kappa shape index (κ1) is 24.6. The van der Waals surface area contributed by atoms with Gasteiger partial charge in [-0.15, -0.1) is 13.2 Å². The van der Waals surface area contributed by atoms with Crippen LogP contribution in [0.1, 0.15) is 11.1 Å². The number of carboxylic acid groups (broad SMARTS) is 1. The predicted molar refractivity (Wildman–Crippen MR) is 110 cm³/mol. The highest BCUT2D eigenvalue weighted by Crippen LogP contribution is 2.36. The zero-order valence-corrected chi connectivity index (χ0v) is 17.3. The van der Waals surface area contributed by atoms with E-state index in [0.717, 1.165) is 18.2 Å². The lowest BCUT2D eigenvalue weighted by Gasteiger charge is -2.16. The molecule has 0 bridgehead atoms. The van der Waals surface area contributed by atoms with Crippen LogP contribution in [0.2, 0.25) is 0 Å². The molecule has 34 heavy (non-hydrogen) atoms. The summed E-state index contributed by atoms with van der Waals surface area (Å²) in [5.41, 5.74) is -0.699. The number of hydrogen-bond donors (Lipinski definition) is 3. The van der Waals surface area contributed by atoms with Gasteiger partial charge in [-0.05, 0) is 36.8 Å². The van der Waals surface area contributed by atoms with Crippen molar-refractivity contribution in [2.24, 2.45) is 0 Å². The van der Waals surface area contributed by atoms with Crippen molar-refractivity contribution in [2.75, 3.05) is 17.2 Å². The molecule has 1 heterocycles. The molecular weight excluding hydrogens is 470 g/mol. The molecular formula is C21H16F6N4O3. The molecule has 3 N–H and O–H groups in total. The number of carboxylic acids is 1. The summed E-state index contributed by atoms with van der Waals surface area (Å²) < 4.78 is 81.3. The molecule has 0 aliphatic heterocycles. The van der Waals surface area contributed by atoms with Crippen LogP contribution in [0.15, 0.2) is 48.5 Å². The highest BCUT2D eigenvalue weighted by atomic mass is 19.4. The first-order chi connectivity index (χ1) is 15.8. The summed E-state index contributed by atoms with van der Waals surface area (Å²) in [6.45, 7) is 0.678. The zero-order chi connectivity index (χ0) is 25.1. The van der Waals surface area contributed by atoms with Crippen LogP contribution in [-0.4, -0.2) is 34.0 Å². The summed E-state index contributed by atoms with van der Waals surface area (Å²) in [5.74, 6) is -2.00. The molecule has 13 heteroatoms. The number of anilines is 3. The topological polar surface area (TPSA) is 96.4 Å². The fraction of sp³-hybridized carbons (Fsp3) is 0.190. The SMILES string of the molecule is Cc1c(Nc2cc(-c3cccc(OC(F)(F)F)c3)nc(NCC(=O)O)n2)cccc1C(F)(F)F. The minimum absolute atomic E-state index is 0.0255. The van der Waals surface area contributed by atoms with Gasteiger partial charge in [0.1, 0.15) is 18.1 Å². The van der Waals surface area contributed by atoms with Crippen molar-refractivity contribution in [3.63, 3.8) is 0 Å². The number of benzene rings is 2. The number of ether oxygens (including phenoxy) is 1. The average molecular weight is 486 g/mol. The van der Waals surface area contributed by atoms with Crippen molar-refractivity contribution in [1.82, 2.24) is 9.97 Å². The number of halogens is 6. The maximum atomic E-state index is 13.2. The maximum Gasteiger partial charge on any atom is 0.573 e. The van der Waals surface area contributed by atoms with Crippen LogP contribution in [0.4, 0.5) is 43.8 Å². The van der Waals surface area contributed by atoms with Gasteiger partial charge in [0.15, 0.2) is 0 Å². The summed E-state index contributed by atoms with van der Waals surface area (Å²) in [4.78, 5) is 19.0. The molecule has 0 saturated heterocycles. The number of nitrogens with zero attached hydrogens (tertiary/aromatic N) is 2. The molecule has 0 saturated carbocycles. The number of carbonyl (C=O) groups is 1. The van der Waals surface area contributed by atoms with Gasteiger partial charge in [0.2, 0.25) is 5.95 Å². The van der Waals surface area contributed by atoms with Gasteiger partial charge in [-0.25, -0.2) is 4.98 Å². The van der Waals surface area contributed by atoms with E-state index in [0.29, 0.717) is 0 Å². The average Bonchev–Trinajstić information content (AvgIpc) is 2.72. The Morgan fingerprint density at radius 3 is 2.38 bits per heavy atom. The molecule has 0 atom stereocenters. The lowest BCUT2D eigenvalue weighted by molar-refractivity contribution is -0.274. The normalized spacial score (nSPS) is 11.7. The first-order valence-electron chi connectivity index (χ1n) is 9.46. The Hall–Kier alpha value is -4.03. The summed E-state index contributed by atoms with van der Waals surface area (Å²) in [7, 11) is 0. The highest BCUT2D eigenvalue weighted by Gasteiger charge is 2.33. The van der Waals surface area contributed by atoms with Gasteiger partial charge in [-0.3, -0.25) is 4.79 Å². The van der Waals surface area contributed by atoms with E-state index in [-0.39, 0.29) is 34.3 Å². The Labute approximate surface area is 188 Å². The van der Waals surface area contributed by atoms with Crippen LogP contribution in [0, 0.1) is 6.92 Å². The molecule has 3 aromatic rings. The van der Waals surface area contributed by atoms with E-state index in [1.165, 1.54) is 37.3 Å². The van der Waals surface area contributed by atoms with Gasteiger partial charge in [0.25, 0.3) is 0 Å². The Kier molecular flexibility index (Phi) is 6.84. The van der Waals surface area contributed by atoms with E-state index < -0.39 is 36.4 Å². The number of hydrogen-bond acceptors (Lipinski definition) is 6. The monoisotopic (exact) mass is 486 g/mol. The standard InChI is InChI=1S/C21H16F6N4O3/c1-11-14(20(22,23)24)6-3-7-15(11)29-17-9-16(30-19(31-17)28-10-18(32)33)12-4-2-5-13(8-12)34-21(25,26)27/h2-9H,10H2,1H3,(H,32,33)(H2,28,29,30,31). The molecule has 0 spiro atoms. The highest BCUT2D eigenvalue weighted by molar-refractivity contribution is 5.73. The van der Waals surface area contributed by atoms with E-state index in [4.69, 9.17) is 5.11 Å². The summed E-state index contributed by atoms with van der Waals surface area (Å²) >= 11 is 0. The van der Waals surface area contributed by atoms with Crippen molar-refractivity contribution in [2.45, 2.75) is 19.5 Å². The summed E-state index contributed by atoms with van der Waals surface area (Å²) in [5, 5.41) is 14.0. The van der Waals surface area contributed by atoms with Crippen LogP contribution < -0.4 is 15.4 Å². The number of alkyl halides is 6. The zero-order valence-electron chi connectivity index (χ0n) is 17.3. The van der Waals surface area contributed by atoms with E-state index in [2.05, 4.69) is 25.3 Å². The van der Waals surface area contributed by atoms with Gasteiger partial charge in [-0.1, -0.05) is 18.2 Å². The van der Waals surface area contributed by atoms with Crippen LogP contribution >= 0.6 is 0 Å². The molecule has 2 aromatic carbocycles. The lowest BCUT2D eigenvalue weighted by Crippen LogP contribution is -2.17. The van der Waals surface area contributed by atoms with Crippen molar-refractivity contribution in [3.8, 4) is 17.0 Å². The summed E-state index contributed by atoms with van der Waals surface area (Å²) in [6.07, 6.45) is -9.52. The van der Waals surface area contributed by atoms with Crippen molar-refractivity contribution in [1.29, 1.82) is 0 Å². The fourth-order valence-corrected chi connectivity index (χ4v) is 2.96. The number of aliphatic carboxylic acids is 1. The van der Waals surface area contributed by atoms with Crippen molar-refractivity contribution in [3.05, 3.63) is 59.7 Å². The molecule has 0 aliphatic rings. The molecule has 0 aliphatic carbocycles. The van der Waals surface area contributed by atoms with Gasteiger partial charge >= 0.3 is 18.5 Å². The second kappa shape index (κ2) is 9.45. The molecule has 1 aromatic heterocycles. The van der Waals surface area contributed by atoms with Crippen LogP contribution in [-0.2, 0) is 11.0 Å². The molecule has 0 unspecified atom stereocenters. The second-order valence-electron chi connectivity index (χ2n) is 6.89. The van der Waals surface area contributed by atoms with Gasteiger partial charge in [0.05, 0.1) is 11.3 Å². The Bertz CT molecular complexity index is 1200. The molecule has 180 valence electrons. The smallest absolute Gasteiger partial charge is 0.480 e. The van der Waals surface area contributed by atoms with Crippen LogP contribution in [0.25, 0.3) is 11.3 Å². The Morgan fingerprint density at radius 2 is 1.74 bits per heavy atom. The van der Waals surface area contributed by atoms with Gasteiger partial charge in [-0.2, -0.15) is 18.2 Å². The van der Waals surface area contributed by atoms with Gasteiger partial charge in [0, 0.05) is 17.3 Å². The van der Waals surface area contributed by atoms with E-state index in [1.54, 1.807) is 0 Å². The number of rotatable bonds is 7. The van der Waals surface area contributed by atoms with E-state index >= 15 is 0 Å². The minimum Gasteiger partial charge on any atom is -0.480 e. The Balaban J connectivity index is 2.03. The molecule has 3 rings (SSSR count). The predicted octanol–water partition coefficient (Wildman–Crippen LogP) is 5.61. The third-order valence-electron chi connectivity index (χ3n) is 4.39. The molecule has 0 fully saturated rings. The Morgan fingerprint density at radius 1 is 1.03 bits per heavy atom. The third-order valence-corrected chi connectivity index (χ3v) is 4.39. The van der Waals surface area contributed by atoms with Crippen molar-refractivity contribution < 1.29 is 41.0 Å². The van der Waals surface area contributed by atoms with Crippen molar-refractivity contribution >= 4 is 23.4 Å². The van der Waals surface area contributed by atoms with Crippen LogP contribution in [0.5, 0.6) is 5.75 Å². The number of nitrogens with one attached hydrogen (secondary N) is 2. The molecule has 0 amide bonds. The molecule has 7 nitrogen and oxygen atoms in total. The maximum absolute atomic E-state index is 13.2.